The van der Waals surface area contributed by atoms with Gasteiger partial charge in [0, 0.05) is 46.5 Å². The number of nitrogens with zero attached hydrogens (tertiary/aromatic N) is 2. The van der Waals surface area contributed by atoms with Gasteiger partial charge in [0.1, 0.15) is 0 Å². The monoisotopic (exact) mass is 353 g/mol. The summed E-state index contributed by atoms with van der Waals surface area (Å²) in [5, 5.41) is 3.44. The van der Waals surface area contributed by atoms with Crippen molar-refractivity contribution in [2.45, 2.75) is 58.8 Å². The fraction of sp³-hybridized carbons (Fsp3) is 0.950. The molecule has 25 heavy (non-hydrogen) atoms. The van der Waals surface area contributed by atoms with Crippen LogP contribution in [0.1, 0.15) is 58.8 Å². The summed E-state index contributed by atoms with van der Waals surface area (Å²) in [7, 11) is 2.11. The maximum absolute atomic E-state index is 5.78. The van der Waals surface area contributed by atoms with Crippen LogP contribution < -0.4 is 5.32 Å². The standard InChI is InChI=1S/C20H39N3O2/c1-4-21-19(23(3)13-15-25-16-18-8-9-18)22-17-20(10-6-7-11-20)12-14-24-5-2/h18H,4-17H2,1-3H3,(H,21,22). The average Bonchev–Trinajstić information content (AvgIpc) is 3.33. The Morgan fingerprint density at radius 2 is 1.92 bits per heavy atom. The quantitative estimate of drug-likeness (QED) is 0.332. The molecular weight excluding hydrogens is 314 g/mol. The van der Waals surface area contributed by atoms with Crippen molar-refractivity contribution in [2.24, 2.45) is 16.3 Å². The molecule has 2 fully saturated rings. The molecule has 0 heterocycles. The van der Waals surface area contributed by atoms with Gasteiger partial charge in [-0.2, -0.15) is 0 Å². The molecule has 0 aromatic rings. The van der Waals surface area contributed by atoms with Crippen LogP contribution in [0.25, 0.3) is 0 Å². The van der Waals surface area contributed by atoms with Gasteiger partial charge >= 0.3 is 0 Å². The first-order valence-electron chi connectivity index (χ1n) is 10.3. The molecule has 2 aliphatic rings. The summed E-state index contributed by atoms with van der Waals surface area (Å²) in [6.45, 7) is 10.3. The zero-order valence-corrected chi connectivity index (χ0v) is 16.7. The molecule has 2 aliphatic carbocycles. The van der Waals surface area contributed by atoms with E-state index in [-0.39, 0.29) is 0 Å². The smallest absolute Gasteiger partial charge is 0.193 e. The molecule has 146 valence electrons. The van der Waals surface area contributed by atoms with Crippen LogP contribution in [0.2, 0.25) is 0 Å². The third-order valence-corrected chi connectivity index (χ3v) is 5.53. The van der Waals surface area contributed by atoms with E-state index >= 15 is 0 Å². The molecule has 0 aromatic heterocycles. The topological polar surface area (TPSA) is 46.1 Å². The highest BCUT2D eigenvalue weighted by molar-refractivity contribution is 5.79. The van der Waals surface area contributed by atoms with Gasteiger partial charge in [0.15, 0.2) is 5.96 Å². The summed E-state index contributed by atoms with van der Waals surface area (Å²) in [5.74, 6) is 1.85. The predicted octanol–water partition coefficient (Wildman–Crippen LogP) is 3.30. The third-order valence-electron chi connectivity index (χ3n) is 5.53. The van der Waals surface area contributed by atoms with Gasteiger partial charge in [-0.25, -0.2) is 0 Å². The van der Waals surface area contributed by atoms with E-state index in [1.54, 1.807) is 0 Å². The van der Waals surface area contributed by atoms with E-state index in [9.17, 15) is 0 Å². The minimum absolute atomic E-state index is 0.346. The second-order valence-corrected chi connectivity index (χ2v) is 7.76. The molecule has 0 aromatic carbocycles. The fourth-order valence-corrected chi connectivity index (χ4v) is 3.60. The van der Waals surface area contributed by atoms with Crippen molar-refractivity contribution in [3.63, 3.8) is 0 Å². The molecular formula is C20H39N3O2. The molecule has 0 unspecified atom stereocenters. The molecule has 2 saturated carbocycles. The Balaban J connectivity index is 1.82. The Kier molecular flexibility index (Phi) is 9.04. The molecule has 0 bridgehead atoms. The van der Waals surface area contributed by atoms with E-state index in [1.807, 2.05) is 0 Å². The highest BCUT2D eigenvalue weighted by Gasteiger charge is 2.33. The van der Waals surface area contributed by atoms with E-state index in [0.717, 1.165) is 64.4 Å². The van der Waals surface area contributed by atoms with Crippen molar-refractivity contribution in [1.82, 2.24) is 10.2 Å². The lowest BCUT2D eigenvalue weighted by atomic mass is 9.83. The number of rotatable bonds is 12. The first-order valence-corrected chi connectivity index (χ1v) is 10.3. The summed E-state index contributed by atoms with van der Waals surface area (Å²) in [6, 6.07) is 0. The lowest BCUT2D eigenvalue weighted by molar-refractivity contribution is 0.106. The Labute approximate surface area is 154 Å². The van der Waals surface area contributed by atoms with Gasteiger partial charge in [-0.05, 0) is 57.3 Å². The zero-order chi connectivity index (χ0) is 18.0. The Morgan fingerprint density at radius 3 is 2.56 bits per heavy atom. The van der Waals surface area contributed by atoms with Gasteiger partial charge in [0.2, 0.25) is 0 Å². The average molecular weight is 354 g/mol. The number of hydrogen-bond donors (Lipinski definition) is 1. The molecule has 5 nitrogen and oxygen atoms in total. The molecule has 0 atom stereocenters. The van der Waals surface area contributed by atoms with E-state index in [1.165, 1.54) is 38.5 Å². The van der Waals surface area contributed by atoms with E-state index in [0.29, 0.717) is 5.41 Å². The highest BCUT2D eigenvalue weighted by Crippen LogP contribution is 2.41. The van der Waals surface area contributed by atoms with Crippen LogP contribution in [0.5, 0.6) is 0 Å². The van der Waals surface area contributed by atoms with Crippen LogP contribution in [0.3, 0.4) is 0 Å². The maximum Gasteiger partial charge on any atom is 0.193 e. The Hall–Kier alpha value is -0.810. The predicted molar refractivity (Wildman–Crippen MR) is 104 cm³/mol. The van der Waals surface area contributed by atoms with Crippen molar-refractivity contribution in [1.29, 1.82) is 0 Å². The van der Waals surface area contributed by atoms with Crippen molar-refractivity contribution >= 4 is 5.96 Å². The van der Waals surface area contributed by atoms with Crippen LogP contribution >= 0.6 is 0 Å². The SMILES string of the molecule is CCNC(=NCC1(CCOCC)CCCC1)N(C)CCOCC1CC1. The number of likely N-dealkylation sites (N-methyl/N-ethyl adjacent to an activating group) is 1. The van der Waals surface area contributed by atoms with E-state index in [2.05, 4.69) is 31.1 Å². The van der Waals surface area contributed by atoms with Crippen molar-refractivity contribution in [3.8, 4) is 0 Å². The molecule has 1 N–H and O–H groups in total. The van der Waals surface area contributed by atoms with Crippen LogP contribution in [-0.4, -0.2) is 64.0 Å². The lowest BCUT2D eigenvalue weighted by Gasteiger charge is -2.29. The van der Waals surface area contributed by atoms with Gasteiger partial charge in [-0.15, -0.1) is 0 Å². The summed E-state index contributed by atoms with van der Waals surface area (Å²) in [4.78, 5) is 7.20. The first kappa shape index (κ1) is 20.5. The van der Waals surface area contributed by atoms with Crippen molar-refractivity contribution in [3.05, 3.63) is 0 Å². The highest BCUT2D eigenvalue weighted by atomic mass is 16.5. The van der Waals surface area contributed by atoms with Gasteiger partial charge in [0.05, 0.1) is 6.61 Å². The number of ether oxygens (including phenoxy) is 2. The van der Waals surface area contributed by atoms with Gasteiger partial charge in [0.25, 0.3) is 0 Å². The lowest BCUT2D eigenvalue weighted by Crippen LogP contribution is -2.41. The van der Waals surface area contributed by atoms with Crippen molar-refractivity contribution < 1.29 is 9.47 Å². The second kappa shape index (κ2) is 11.0. The van der Waals surface area contributed by atoms with Gasteiger partial charge in [-0.1, -0.05) is 12.8 Å². The largest absolute Gasteiger partial charge is 0.382 e. The van der Waals surface area contributed by atoms with Crippen molar-refractivity contribution in [2.75, 3.05) is 53.1 Å². The van der Waals surface area contributed by atoms with Crippen LogP contribution in [0, 0.1) is 11.3 Å². The third kappa shape index (κ3) is 7.53. The fourth-order valence-electron chi connectivity index (χ4n) is 3.60. The maximum atomic E-state index is 5.78. The summed E-state index contributed by atoms with van der Waals surface area (Å²) < 4.78 is 11.4. The van der Waals surface area contributed by atoms with Gasteiger partial charge < -0.3 is 19.7 Å². The van der Waals surface area contributed by atoms with Gasteiger partial charge in [-0.3, -0.25) is 4.99 Å². The van der Waals surface area contributed by atoms with E-state index in [4.69, 9.17) is 14.5 Å². The molecule has 0 spiro atoms. The molecule has 0 aliphatic heterocycles. The molecule has 2 rings (SSSR count). The van der Waals surface area contributed by atoms with Crippen LogP contribution in [-0.2, 0) is 9.47 Å². The number of guanidine groups is 1. The second-order valence-electron chi connectivity index (χ2n) is 7.76. The summed E-state index contributed by atoms with van der Waals surface area (Å²) >= 11 is 0. The molecule has 0 saturated heterocycles. The Bertz CT molecular complexity index is 390. The molecule has 0 radical (unpaired) electrons. The zero-order valence-electron chi connectivity index (χ0n) is 16.7. The number of aliphatic imine (C=N–C) groups is 1. The minimum atomic E-state index is 0.346. The van der Waals surface area contributed by atoms with Crippen LogP contribution in [0.15, 0.2) is 4.99 Å². The van der Waals surface area contributed by atoms with Crippen LogP contribution in [0.4, 0.5) is 0 Å². The Morgan fingerprint density at radius 1 is 1.16 bits per heavy atom. The normalized spacial score (nSPS) is 20.0. The molecule has 0 amide bonds. The minimum Gasteiger partial charge on any atom is -0.382 e. The summed E-state index contributed by atoms with van der Waals surface area (Å²) in [6.07, 6.45) is 9.09. The van der Waals surface area contributed by atoms with E-state index < -0.39 is 0 Å². The number of hydrogen-bond acceptors (Lipinski definition) is 3. The molecule has 5 heteroatoms. The summed E-state index contributed by atoms with van der Waals surface area (Å²) in [5.41, 5.74) is 0.346. The first-order chi connectivity index (χ1) is 12.2. The number of nitrogens with one attached hydrogen (secondary N) is 1.